The quantitative estimate of drug-likeness (QED) is 0.810. The summed E-state index contributed by atoms with van der Waals surface area (Å²) in [6.45, 7) is 2.10. The molecule has 2 aromatic carbocycles. The number of rotatable bonds is 2. The molecule has 2 aromatic rings. The molecule has 0 heterocycles. The van der Waals surface area contributed by atoms with Crippen LogP contribution in [0.15, 0.2) is 30.3 Å². The van der Waals surface area contributed by atoms with Crippen LogP contribution >= 0.6 is 0 Å². The lowest BCUT2D eigenvalue weighted by Crippen LogP contribution is -1.86. The minimum atomic E-state index is 0.227. The van der Waals surface area contributed by atoms with E-state index in [1.807, 2.05) is 18.2 Å². The third kappa shape index (κ3) is 1.63. The number of methoxy groups -OCH3 is 1. The number of aryl methyl sites for hydroxylation is 1. The molecule has 0 aromatic heterocycles. The molecule has 0 saturated carbocycles. The number of benzene rings is 2. The van der Waals surface area contributed by atoms with Crippen LogP contribution in [0.5, 0.6) is 11.5 Å². The van der Waals surface area contributed by atoms with Gasteiger partial charge in [-0.2, -0.15) is 0 Å². The van der Waals surface area contributed by atoms with Gasteiger partial charge in [-0.1, -0.05) is 25.1 Å². The third-order valence-corrected chi connectivity index (χ3v) is 2.65. The molecule has 0 fully saturated rings. The summed E-state index contributed by atoms with van der Waals surface area (Å²) in [5.74, 6) is 0.751. The Morgan fingerprint density at radius 1 is 1.20 bits per heavy atom. The molecule has 0 aliphatic rings. The molecule has 0 aliphatic carbocycles. The smallest absolute Gasteiger partial charge is 0.165 e. The van der Waals surface area contributed by atoms with Gasteiger partial charge in [0.2, 0.25) is 0 Å². The minimum absolute atomic E-state index is 0.227. The van der Waals surface area contributed by atoms with Crippen molar-refractivity contribution in [3.8, 4) is 11.5 Å². The Kier molecular flexibility index (Phi) is 2.50. The van der Waals surface area contributed by atoms with E-state index in [2.05, 4.69) is 13.0 Å². The maximum absolute atomic E-state index is 9.94. The largest absolute Gasteiger partial charge is 0.504 e. The number of fused-ring (bicyclic) bond motifs is 1. The van der Waals surface area contributed by atoms with Crippen molar-refractivity contribution in [2.45, 2.75) is 13.3 Å². The van der Waals surface area contributed by atoms with Gasteiger partial charge < -0.3 is 9.84 Å². The van der Waals surface area contributed by atoms with Crippen LogP contribution in [-0.2, 0) is 6.42 Å². The van der Waals surface area contributed by atoms with Crippen LogP contribution in [0.3, 0.4) is 0 Å². The van der Waals surface area contributed by atoms with E-state index in [9.17, 15) is 5.11 Å². The van der Waals surface area contributed by atoms with Crippen molar-refractivity contribution in [3.63, 3.8) is 0 Å². The Labute approximate surface area is 89.1 Å². The highest BCUT2D eigenvalue weighted by molar-refractivity contribution is 5.90. The van der Waals surface area contributed by atoms with Gasteiger partial charge in [-0.3, -0.25) is 0 Å². The first-order valence-electron chi connectivity index (χ1n) is 5.05. The molecule has 0 aliphatic heterocycles. The van der Waals surface area contributed by atoms with E-state index < -0.39 is 0 Å². The average molecular weight is 202 g/mol. The number of hydrogen-bond acceptors (Lipinski definition) is 2. The van der Waals surface area contributed by atoms with Gasteiger partial charge in [0.15, 0.2) is 11.5 Å². The average Bonchev–Trinajstić information content (AvgIpc) is 2.29. The standard InChI is InChI=1S/C13H14O2/c1-3-9-4-5-10-6-7-12(15-2)13(14)11(10)8-9/h4-8,14H,3H2,1-2H3. The van der Waals surface area contributed by atoms with Gasteiger partial charge in [0.1, 0.15) is 0 Å². The third-order valence-electron chi connectivity index (χ3n) is 2.65. The Hall–Kier alpha value is -1.70. The molecule has 15 heavy (non-hydrogen) atoms. The Bertz CT molecular complexity index is 484. The van der Waals surface area contributed by atoms with Crippen molar-refractivity contribution in [3.05, 3.63) is 35.9 Å². The van der Waals surface area contributed by atoms with E-state index in [4.69, 9.17) is 4.74 Å². The van der Waals surface area contributed by atoms with Gasteiger partial charge in [-0.25, -0.2) is 0 Å². The molecular weight excluding hydrogens is 188 g/mol. The zero-order chi connectivity index (χ0) is 10.8. The molecule has 0 spiro atoms. The van der Waals surface area contributed by atoms with Gasteiger partial charge in [0.25, 0.3) is 0 Å². The lowest BCUT2D eigenvalue weighted by Gasteiger charge is -2.07. The maximum Gasteiger partial charge on any atom is 0.165 e. The second-order valence-corrected chi connectivity index (χ2v) is 3.53. The van der Waals surface area contributed by atoms with Crippen LogP contribution in [0.2, 0.25) is 0 Å². The van der Waals surface area contributed by atoms with Gasteiger partial charge in [0, 0.05) is 5.39 Å². The molecule has 1 N–H and O–H groups in total. The van der Waals surface area contributed by atoms with Crippen molar-refractivity contribution >= 4 is 10.8 Å². The van der Waals surface area contributed by atoms with Gasteiger partial charge >= 0.3 is 0 Å². The monoisotopic (exact) mass is 202 g/mol. The fourth-order valence-corrected chi connectivity index (χ4v) is 1.72. The molecule has 0 amide bonds. The maximum atomic E-state index is 9.94. The SMILES string of the molecule is CCc1ccc2ccc(OC)c(O)c2c1. The molecule has 0 atom stereocenters. The number of phenols is 1. The van der Waals surface area contributed by atoms with Crippen molar-refractivity contribution in [2.75, 3.05) is 7.11 Å². The number of hydrogen-bond donors (Lipinski definition) is 1. The van der Waals surface area contributed by atoms with Crippen molar-refractivity contribution < 1.29 is 9.84 Å². The Balaban J connectivity index is 2.72. The topological polar surface area (TPSA) is 29.5 Å². The highest BCUT2D eigenvalue weighted by Crippen LogP contribution is 2.34. The molecule has 2 nitrogen and oxygen atoms in total. The Morgan fingerprint density at radius 2 is 1.93 bits per heavy atom. The second kappa shape index (κ2) is 3.81. The van der Waals surface area contributed by atoms with E-state index in [-0.39, 0.29) is 5.75 Å². The van der Waals surface area contributed by atoms with Crippen LogP contribution in [-0.4, -0.2) is 12.2 Å². The van der Waals surface area contributed by atoms with Crippen molar-refractivity contribution in [1.82, 2.24) is 0 Å². The zero-order valence-electron chi connectivity index (χ0n) is 8.95. The predicted octanol–water partition coefficient (Wildman–Crippen LogP) is 3.12. The summed E-state index contributed by atoms with van der Waals surface area (Å²) in [7, 11) is 1.56. The first-order valence-corrected chi connectivity index (χ1v) is 5.05. The molecule has 0 bridgehead atoms. The fraction of sp³-hybridized carbons (Fsp3) is 0.231. The Morgan fingerprint density at radius 3 is 2.60 bits per heavy atom. The summed E-state index contributed by atoms with van der Waals surface area (Å²) in [5.41, 5.74) is 1.21. The van der Waals surface area contributed by atoms with Crippen molar-refractivity contribution in [2.24, 2.45) is 0 Å². The first-order chi connectivity index (χ1) is 7.26. The van der Waals surface area contributed by atoms with Crippen LogP contribution < -0.4 is 4.74 Å². The van der Waals surface area contributed by atoms with E-state index >= 15 is 0 Å². The lowest BCUT2D eigenvalue weighted by atomic mass is 10.0. The zero-order valence-corrected chi connectivity index (χ0v) is 8.95. The van der Waals surface area contributed by atoms with E-state index in [1.54, 1.807) is 13.2 Å². The summed E-state index contributed by atoms with van der Waals surface area (Å²) in [6, 6.07) is 9.84. The summed E-state index contributed by atoms with van der Waals surface area (Å²) >= 11 is 0. The summed E-state index contributed by atoms with van der Waals surface area (Å²) in [5, 5.41) is 11.8. The normalized spacial score (nSPS) is 10.5. The van der Waals surface area contributed by atoms with E-state index in [0.29, 0.717) is 5.75 Å². The number of aromatic hydroxyl groups is 1. The molecule has 2 rings (SSSR count). The highest BCUT2D eigenvalue weighted by Gasteiger charge is 2.06. The highest BCUT2D eigenvalue weighted by atomic mass is 16.5. The molecular formula is C13H14O2. The second-order valence-electron chi connectivity index (χ2n) is 3.53. The van der Waals surface area contributed by atoms with Gasteiger partial charge in [-0.15, -0.1) is 0 Å². The van der Waals surface area contributed by atoms with Crippen LogP contribution in [0, 0.1) is 0 Å². The van der Waals surface area contributed by atoms with Crippen LogP contribution in [0.25, 0.3) is 10.8 Å². The van der Waals surface area contributed by atoms with Crippen LogP contribution in [0.1, 0.15) is 12.5 Å². The summed E-state index contributed by atoms with van der Waals surface area (Å²) in [6.07, 6.45) is 0.965. The van der Waals surface area contributed by atoms with Crippen molar-refractivity contribution in [1.29, 1.82) is 0 Å². The van der Waals surface area contributed by atoms with Gasteiger partial charge in [0.05, 0.1) is 7.11 Å². The minimum Gasteiger partial charge on any atom is -0.504 e. The molecule has 2 heteroatoms. The van der Waals surface area contributed by atoms with Crippen LogP contribution in [0.4, 0.5) is 0 Å². The fourth-order valence-electron chi connectivity index (χ4n) is 1.72. The first kappa shape index (κ1) is 9.84. The lowest BCUT2D eigenvalue weighted by molar-refractivity contribution is 0.376. The molecule has 0 unspecified atom stereocenters. The van der Waals surface area contributed by atoms with E-state index in [1.165, 1.54) is 5.56 Å². The molecule has 0 radical (unpaired) electrons. The summed E-state index contributed by atoms with van der Waals surface area (Å²) in [4.78, 5) is 0. The van der Waals surface area contributed by atoms with E-state index in [0.717, 1.165) is 17.2 Å². The van der Waals surface area contributed by atoms with Gasteiger partial charge in [-0.05, 0) is 29.5 Å². The molecule has 78 valence electrons. The predicted molar refractivity (Wildman–Crippen MR) is 61.5 cm³/mol. The molecule has 0 saturated heterocycles. The summed E-state index contributed by atoms with van der Waals surface area (Å²) < 4.78 is 5.08. The number of ether oxygens (including phenoxy) is 1. The number of phenolic OH excluding ortho intramolecular Hbond substituents is 1.